The summed E-state index contributed by atoms with van der Waals surface area (Å²) in [6.07, 6.45) is -10.4. The highest BCUT2D eigenvalue weighted by Gasteiger charge is 2.69. The number of rotatable bonds is 8. The summed E-state index contributed by atoms with van der Waals surface area (Å²) in [6, 6.07) is 0. The number of aliphatic carboxylic acids is 3. The van der Waals surface area contributed by atoms with Crippen molar-refractivity contribution in [1.82, 2.24) is 0 Å². The largest absolute Gasteiger partial charge is 0.481 e. The van der Waals surface area contributed by atoms with E-state index in [9.17, 15) is 60.3 Å². The summed E-state index contributed by atoms with van der Waals surface area (Å²) in [5, 5.41) is 94.4. The van der Waals surface area contributed by atoms with Gasteiger partial charge in [0, 0.05) is 5.41 Å². The molecule has 6 fully saturated rings. The van der Waals surface area contributed by atoms with Crippen LogP contribution in [-0.2, 0) is 33.3 Å². The molecule has 0 aromatic carbocycles. The predicted octanol–water partition coefficient (Wildman–Crippen LogP) is 2.04. The van der Waals surface area contributed by atoms with Crippen LogP contribution in [0.15, 0.2) is 11.6 Å². The van der Waals surface area contributed by atoms with Gasteiger partial charge in [0.25, 0.3) is 0 Å². The minimum absolute atomic E-state index is 0.0434. The lowest BCUT2D eigenvalue weighted by molar-refractivity contribution is -0.372. The van der Waals surface area contributed by atoms with Crippen LogP contribution < -0.4 is 0 Å². The molecule has 0 aromatic rings. The Hall–Kier alpha value is -2.25. The summed E-state index contributed by atoms with van der Waals surface area (Å²) in [5.74, 6) is -3.72. The number of ether oxygens (including phenoxy) is 4. The Balaban J connectivity index is 1.17. The van der Waals surface area contributed by atoms with E-state index < -0.39 is 96.3 Å². The number of carbonyl (C=O) groups is 3. The molecule has 0 radical (unpaired) electrons. The normalized spacial score (nSPS) is 54.2. The van der Waals surface area contributed by atoms with E-state index in [0.717, 1.165) is 38.5 Å². The van der Waals surface area contributed by atoms with Crippen LogP contribution in [0.25, 0.3) is 0 Å². The molecule has 20 atom stereocenters. The quantitative estimate of drug-likeness (QED) is 0.125. The standard InChI is InChI=1S/C42H64O16/c1-37-13-14-38(2,36(53)54)17-20(37)19-7-8-22-39(3)11-10-23(40(4,18-43)21(39)9-12-42(22,6)41(19,5)16-15-37)55-35-31(27(47)26(46)30(57-35)33(51)52)58-34-28(48)24(44)25(45)29(56-34)32(49)50/h7,20-31,34-35,43-48H,8-18H2,1-6H3,(H,49,50)(H,51,52)(H,53,54)/t20-,21?,22?,23-,24?,25-,26-,27?,28?,29?,30?,31-,34-,35+,37+,38-,39-,40+,41+,42+/m0/s1. The van der Waals surface area contributed by atoms with Crippen molar-refractivity contribution in [2.45, 2.75) is 173 Å². The maximum Gasteiger partial charge on any atom is 0.335 e. The van der Waals surface area contributed by atoms with Gasteiger partial charge >= 0.3 is 17.9 Å². The smallest absolute Gasteiger partial charge is 0.335 e. The van der Waals surface area contributed by atoms with Crippen LogP contribution in [0.2, 0.25) is 0 Å². The number of carboxylic acids is 3. The summed E-state index contributed by atoms with van der Waals surface area (Å²) in [4.78, 5) is 36.5. The van der Waals surface area contributed by atoms with Gasteiger partial charge in [-0.1, -0.05) is 46.3 Å². The molecular formula is C42H64O16. The van der Waals surface area contributed by atoms with Crippen LogP contribution in [0.3, 0.4) is 0 Å². The zero-order chi connectivity index (χ0) is 42.7. The fourth-order valence-electron chi connectivity index (χ4n) is 13.6. The summed E-state index contributed by atoms with van der Waals surface area (Å²) in [6.45, 7) is 13.0. The molecule has 58 heavy (non-hydrogen) atoms. The highest BCUT2D eigenvalue weighted by Crippen LogP contribution is 2.76. The van der Waals surface area contributed by atoms with E-state index in [0.29, 0.717) is 25.7 Å². The molecule has 2 aliphatic heterocycles. The van der Waals surface area contributed by atoms with Gasteiger partial charge in [0.05, 0.1) is 18.1 Å². The second-order valence-electron chi connectivity index (χ2n) is 20.5. The van der Waals surface area contributed by atoms with E-state index in [4.69, 9.17) is 18.9 Å². The lowest BCUT2D eigenvalue weighted by atomic mass is 9.33. The number of allylic oxidation sites excluding steroid dienone is 2. The van der Waals surface area contributed by atoms with Gasteiger partial charge in [0.1, 0.15) is 36.6 Å². The van der Waals surface area contributed by atoms with E-state index in [-0.39, 0.29) is 46.0 Å². The second-order valence-corrected chi connectivity index (χ2v) is 20.5. The maximum absolute atomic E-state index is 12.5. The van der Waals surface area contributed by atoms with Gasteiger partial charge in [-0.2, -0.15) is 0 Å². The van der Waals surface area contributed by atoms with Gasteiger partial charge in [-0.3, -0.25) is 4.79 Å². The Morgan fingerprint density at radius 3 is 1.91 bits per heavy atom. The van der Waals surface area contributed by atoms with Gasteiger partial charge in [0.15, 0.2) is 24.8 Å². The number of aliphatic hydroxyl groups is 6. The van der Waals surface area contributed by atoms with E-state index in [2.05, 4.69) is 33.8 Å². The Bertz CT molecular complexity index is 1670. The van der Waals surface area contributed by atoms with Crippen LogP contribution in [0, 0.1) is 50.2 Å². The number of hydrogen-bond donors (Lipinski definition) is 9. The zero-order valence-corrected chi connectivity index (χ0v) is 34.3. The van der Waals surface area contributed by atoms with Crippen LogP contribution in [0.4, 0.5) is 0 Å². The zero-order valence-electron chi connectivity index (χ0n) is 34.3. The molecule has 5 aliphatic carbocycles. The monoisotopic (exact) mass is 824 g/mol. The lowest BCUT2D eigenvalue weighted by Gasteiger charge is -2.71. The summed E-state index contributed by atoms with van der Waals surface area (Å²) in [7, 11) is 0. The number of fused-ring (bicyclic) bond motifs is 7. The Morgan fingerprint density at radius 1 is 0.707 bits per heavy atom. The second kappa shape index (κ2) is 14.7. The summed E-state index contributed by atoms with van der Waals surface area (Å²) >= 11 is 0. The third-order valence-electron chi connectivity index (χ3n) is 17.6. The third-order valence-corrected chi connectivity index (χ3v) is 17.6. The van der Waals surface area contributed by atoms with Crippen molar-refractivity contribution in [2.75, 3.05) is 6.61 Å². The first-order valence-electron chi connectivity index (χ1n) is 20.9. The van der Waals surface area contributed by atoms with Gasteiger partial charge in [0.2, 0.25) is 0 Å². The lowest BCUT2D eigenvalue weighted by Crippen LogP contribution is -2.68. The van der Waals surface area contributed by atoms with E-state index in [1.807, 2.05) is 13.8 Å². The van der Waals surface area contributed by atoms with E-state index in [1.165, 1.54) is 5.57 Å². The number of aliphatic hydroxyl groups excluding tert-OH is 6. The molecule has 16 nitrogen and oxygen atoms in total. The molecule has 0 amide bonds. The van der Waals surface area contributed by atoms with Crippen molar-refractivity contribution < 1.29 is 79.3 Å². The molecule has 7 unspecified atom stereocenters. The van der Waals surface area contributed by atoms with Crippen molar-refractivity contribution in [3.05, 3.63) is 11.6 Å². The first kappa shape index (κ1) is 43.8. The van der Waals surface area contributed by atoms with Gasteiger partial charge in [-0.15, -0.1) is 0 Å². The van der Waals surface area contributed by atoms with Gasteiger partial charge in [-0.05, 0) is 111 Å². The van der Waals surface area contributed by atoms with Crippen LogP contribution in [-0.4, -0.2) is 138 Å². The molecule has 2 saturated heterocycles. The summed E-state index contributed by atoms with van der Waals surface area (Å²) in [5.41, 5.74) is -0.824. The molecule has 0 spiro atoms. The van der Waals surface area contributed by atoms with Crippen molar-refractivity contribution in [3.63, 3.8) is 0 Å². The van der Waals surface area contributed by atoms with Crippen LogP contribution in [0.1, 0.15) is 106 Å². The fourth-order valence-corrected chi connectivity index (χ4v) is 13.6. The van der Waals surface area contributed by atoms with E-state index >= 15 is 0 Å². The summed E-state index contributed by atoms with van der Waals surface area (Å²) < 4.78 is 23.4. The minimum atomic E-state index is -2.06. The molecule has 7 aliphatic rings. The molecule has 2 heterocycles. The minimum Gasteiger partial charge on any atom is -0.481 e. The van der Waals surface area contributed by atoms with E-state index in [1.54, 1.807) is 0 Å². The molecule has 328 valence electrons. The SMILES string of the molecule is C[C@]1(C(=O)O)CC[C@]2(C)CC[C@]3(C)C(=CCC4[C@@]5(C)CC[C@H](O[C@@H]6OC(C(=O)O)[C@@H](O)C(O)[C@@H]6O[C@@H]6OC(C(=O)O)[C@@H](O)C(O)C6O)[C@](C)(CO)C5CC[C@]43C)[C@@H]2C1. The Labute approximate surface area is 338 Å². The molecule has 4 saturated carbocycles. The molecule has 16 heteroatoms. The topological polar surface area (TPSA) is 270 Å². The molecular weight excluding hydrogens is 760 g/mol. The van der Waals surface area contributed by atoms with Crippen LogP contribution in [0.5, 0.6) is 0 Å². The first-order valence-corrected chi connectivity index (χ1v) is 20.9. The fraction of sp³-hybridized carbons (Fsp3) is 0.881. The Morgan fingerprint density at radius 2 is 1.31 bits per heavy atom. The molecule has 7 rings (SSSR count). The molecule has 0 aromatic heterocycles. The van der Waals surface area contributed by atoms with Crippen molar-refractivity contribution in [1.29, 1.82) is 0 Å². The molecule has 0 bridgehead atoms. The number of carboxylic acid groups (broad SMARTS) is 3. The third kappa shape index (κ3) is 6.33. The predicted molar refractivity (Wildman–Crippen MR) is 200 cm³/mol. The average molecular weight is 825 g/mol. The van der Waals surface area contributed by atoms with Crippen LogP contribution >= 0.6 is 0 Å². The maximum atomic E-state index is 12.5. The van der Waals surface area contributed by atoms with Gasteiger partial charge < -0.3 is 64.9 Å². The Kier molecular flexibility index (Phi) is 11.1. The highest BCUT2D eigenvalue weighted by atomic mass is 16.8. The molecule has 9 N–H and O–H groups in total. The first-order chi connectivity index (χ1) is 26.9. The van der Waals surface area contributed by atoms with Crippen molar-refractivity contribution >= 4 is 17.9 Å². The van der Waals surface area contributed by atoms with Crippen molar-refractivity contribution in [2.24, 2.45) is 50.2 Å². The highest BCUT2D eigenvalue weighted by molar-refractivity contribution is 5.75. The average Bonchev–Trinajstić information content (AvgIpc) is 3.16. The van der Waals surface area contributed by atoms with Gasteiger partial charge in [-0.25, -0.2) is 9.59 Å². The van der Waals surface area contributed by atoms with Crippen molar-refractivity contribution in [3.8, 4) is 0 Å². The number of hydrogen-bond acceptors (Lipinski definition) is 13.